The zero-order valence-corrected chi connectivity index (χ0v) is 14.1. The Balaban J connectivity index is 2.41. The molecular weight excluding hydrogens is 376 g/mol. The predicted molar refractivity (Wildman–Crippen MR) is 81.6 cm³/mol. The molecule has 1 aromatic carbocycles. The minimum absolute atomic E-state index is 0.0359. The highest BCUT2D eigenvalue weighted by Crippen LogP contribution is 2.41. The van der Waals surface area contributed by atoms with Gasteiger partial charge in [0.2, 0.25) is 0 Å². The Morgan fingerprint density at radius 3 is 2.42 bits per heavy atom. The van der Waals surface area contributed by atoms with Crippen LogP contribution in [0.15, 0.2) is 16.6 Å². The molecule has 5 heteroatoms. The Morgan fingerprint density at radius 2 is 1.79 bits per heavy atom. The van der Waals surface area contributed by atoms with Gasteiger partial charge in [-0.05, 0) is 30.5 Å². The Morgan fingerprint density at radius 1 is 1.16 bits per heavy atom. The molecule has 0 saturated heterocycles. The van der Waals surface area contributed by atoms with Gasteiger partial charge in [-0.15, -0.1) is 0 Å². The maximum absolute atomic E-state index is 12.3. The van der Waals surface area contributed by atoms with Crippen molar-refractivity contribution in [3.8, 4) is 11.5 Å². The molecule has 0 radical (unpaired) electrons. The monoisotopic (exact) mass is 390 g/mol. The molecule has 1 fully saturated rings. The van der Waals surface area contributed by atoms with Gasteiger partial charge in [-0.2, -0.15) is 0 Å². The van der Waals surface area contributed by atoms with Crippen molar-refractivity contribution in [3.63, 3.8) is 0 Å². The molecule has 1 aromatic rings. The van der Waals surface area contributed by atoms with Crippen molar-refractivity contribution >= 4 is 37.6 Å². The summed E-state index contributed by atoms with van der Waals surface area (Å²) in [5.74, 6) is 1.49. The van der Waals surface area contributed by atoms with Crippen LogP contribution in [0.25, 0.3) is 0 Å². The quantitative estimate of drug-likeness (QED) is 0.728. The van der Waals surface area contributed by atoms with Crippen molar-refractivity contribution in [1.29, 1.82) is 0 Å². The summed E-state index contributed by atoms with van der Waals surface area (Å²) in [4.78, 5) is 12.3. The van der Waals surface area contributed by atoms with Crippen molar-refractivity contribution < 1.29 is 14.3 Å². The number of carbonyl (C=O) groups is 1. The van der Waals surface area contributed by atoms with Crippen LogP contribution >= 0.6 is 31.9 Å². The van der Waals surface area contributed by atoms with Gasteiger partial charge < -0.3 is 9.47 Å². The lowest BCUT2D eigenvalue weighted by Gasteiger charge is -2.26. The standard InChI is InChI=1S/C14H16Br2O3/c1-18-12-6-9(11(16)7-13(12)19-2)8-4-3-5-10(15)14(8)17/h6-8,10H,3-5H2,1-2H3. The van der Waals surface area contributed by atoms with Crippen LogP contribution in [0, 0.1) is 0 Å². The lowest BCUT2D eigenvalue weighted by molar-refractivity contribution is -0.121. The van der Waals surface area contributed by atoms with Crippen LogP contribution in [-0.2, 0) is 4.79 Å². The summed E-state index contributed by atoms with van der Waals surface area (Å²) in [7, 11) is 3.20. The lowest BCUT2D eigenvalue weighted by atomic mass is 9.83. The molecule has 1 aliphatic carbocycles. The first-order valence-electron chi connectivity index (χ1n) is 6.17. The molecule has 19 heavy (non-hydrogen) atoms. The first-order valence-corrected chi connectivity index (χ1v) is 7.88. The number of methoxy groups -OCH3 is 2. The van der Waals surface area contributed by atoms with E-state index < -0.39 is 0 Å². The third-order valence-corrected chi connectivity index (χ3v) is 5.08. The maximum atomic E-state index is 12.3. The number of halogens is 2. The molecule has 3 nitrogen and oxygen atoms in total. The molecular formula is C14H16Br2O3. The molecule has 0 amide bonds. The van der Waals surface area contributed by atoms with Gasteiger partial charge in [-0.3, -0.25) is 4.79 Å². The topological polar surface area (TPSA) is 35.5 Å². The van der Waals surface area contributed by atoms with Gasteiger partial charge in [-0.25, -0.2) is 0 Å². The van der Waals surface area contributed by atoms with Gasteiger partial charge in [0, 0.05) is 10.4 Å². The molecule has 0 aromatic heterocycles. The van der Waals surface area contributed by atoms with E-state index in [0.717, 1.165) is 29.3 Å². The van der Waals surface area contributed by atoms with E-state index in [1.54, 1.807) is 14.2 Å². The second-order valence-corrected chi connectivity index (χ2v) is 6.54. The second-order valence-electron chi connectivity index (χ2n) is 4.58. The number of Topliss-reactive ketones (excluding diaryl/α,β-unsaturated/α-hetero) is 1. The number of ether oxygens (including phenoxy) is 2. The van der Waals surface area contributed by atoms with E-state index in [2.05, 4.69) is 31.9 Å². The van der Waals surface area contributed by atoms with Crippen LogP contribution in [0.2, 0.25) is 0 Å². The zero-order valence-electron chi connectivity index (χ0n) is 10.9. The van der Waals surface area contributed by atoms with E-state index in [4.69, 9.17) is 9.47 Å². The van der Waals surface area contributed by atoms with Gasteiger partial charge in [0.05, 0.1) is 19.0 Å². The number of hydrogen-bond acceptors (Lipinski definition) is 3. The van der Waals surface area contributed by atoms with E-state index in [0.29, 0.717) is 11.5 Å². The predicted octanol–water partition coefficient (Wildman–Crippen LogP) is 4.07. The van der Waals surface area contributed by atoms with Crippen molar-refractivity contribution in [3.05, 3.63) is 22.2 Å². The molecule has 104 valence electrons. The minimum atomic E-state index is -0.0766. The maximum Gasteiger partial charge on any atom is 0.161 e. The molecule has 2 rings (SSSR count). The van der Waals surface area contributed by atoms with Crippen LogP contribution in [0.5, 0.6) is 11.5 Å². The molecule has 0 heterocycles. The van der Waals surface area contributed by atoms with E-state index in [1.807, 2.05) is 12.1 Å². The summed E-state index contributed by atoms with van der Waals surface area (Å²) in [5.41, 5.74) is 0.979. The SMILES string of the molecule is COc1cc(Br)c(C2CCCC(Br)C2=O)cc1OC. The molecule has 1 aliphatic rings. The minimum Gasteiger partial charge on any atom is -0.493 e. The number of alkyl halides is 1. The fraction of sp³-hybridized carbons (Fsp3) is 0.500. The molecule has 0 spiro atoms. The van der Waals surface area contributed by atoms with Crippen molar-refractivity contribution in [1.82, 2.24) is 0 Å². The van der Waals surface area contributed by atoms with E-state index in [-0.39, 0.29) is 16.5 Å². The number of hydrogen-bond donors (Lipinski definition) is 0. The van der Waals surface area contributed by atoms with Gasteiger partial charge in [0.15, 0.2) is 17.3 Å². The first-order chi connectivity index (χ1) is 9.08. The highest BCUT2D eigenvalue weighted by Gasteiger charge is 2.32. The van der Waals surface area contributed by atoms with Crippen molar-refractivity contribution in [2.75, 3.05) is 14.2 Å². The third kappa shape index (κ3) is 2.97. The van der Waals surface area contributed by atoms with Gasteiger partial charge >= 0.3 is 0 Å². The number of carbonyl (C=O) groups excluding carboxylic acids is 1. The summed E-state index contributed by atoms with van der Waals surface area (Å²) in [6.07, 6.45) is 2.85. The first kappa shape index (κ1) is 14.9. The molecule has 0 bridgehead atoms. The summed E-state index contributed by atoms with van der Waals surface area (Å²) in [6, 6.07) is 3.76. The van der Waals surface area contributed by atoms with Crippen LogP contribution in [-0.4, -0.2) is 24.8 Å². The largest absolute Gasteiger partial charge is 0.493 e. The Kier molecular flexibility index (Phi) is 4.90. The number of ketones is 1. The van der Waals surface area contributed by atoms with Crippen molar-refractivity contribution in [2.45, 2.75) is 30.0 Å². The summed E-state index contributed by atoms with van der Waals surface area (Å²) in [6.45, 7) is 0. The van der Waals surface area contributed by atoms with Gasteiger partial charge in [-0.1, -0.05) is 38.3 Å². The Hall–Kier alpha value is -0.550. The summed E-state index contributed by atoms with van der Waals surface area (Å²) < 4.78 is 11.5. The number of benzene rings is 1. The molecule has 0 aliphatic heterocycles. The normalized spacial score (nSPS) is 23.3. The van der Waals surface area contributed by atoms with E-state index in [1.165, 1.54) is 0 Å². The second kappa shape index (κ2) is 6.27. The Bertz CT molecular complexity index is 488. The summed E-state index contributed by atoms with van der Waals surface area (Å²) in [5, 5.41) is 0. The zero-order chi connectivity index (χ0) is 14.0. The highest BCUT2D eigenvalue weighted by molar-refractivity contribution is 9.10. The molecule has 2 unspecified atom stereocenters. The smallest absolute Gasteiger partial charge is 0.161 e. The van der Waals surface area contributed by atoms with Crippen molar-refractivity contribution in [2.24, 2.45) is 0 Å². The van der Waals surface area contributed by atoms with E-state index in [9.17, 15) is 4.79 Å². The Labute approximate surface area is 129 Å². The molecule has 1 saturated carbocycles. The van der Waals surface area contributed by atoms with Crippen LogP contribution in [0.1, 0.15) is 30.7 Å². The fourth-order valence-electron chi connectivity index (χ4n) is 2.45. The summed E-state index contributed by atoms with van der Waals surface area (Å²) >= 11 is 6.99. The number of rotatable bonds is 3. The van der Waals surface area contributed by atoms with Crippen LogP contribution in [0.4, 0.5) is 0 Å². The molecule has 0 N–H and O–H groups in total. The van der Waals surface area contributed by atoms with Crippen LogP contribution < -0.4 is 9.47 Å². The van der Waals surface area contributed by atoms with Gasteiger partial charge in [0.1, 0.15) is 0 Å². The van der Waals surface area contributed by atoms with E-state index >= 15 is 0 Å². The average Bonchev–Trinajstić information content (AvgIpc) is 2.42. The highest BCUT2D eigenvalue weighted by atomic mass is 79.9. The lowest BCUT2D eigenvalue weighted by Crippen LogP contribution is -2.27. The molecule has 2 atom stereocenters. The third-order valence-electron chi connectivity index (χ3n) is 3.48. The van der Waals surface area contributed by atoms with Crippen LogP contribution in [0.3, 0.4) is 0 Å². The average molecular weight is 392 g/mol. The fourth-order valence-corrected chi connectivity index (χ4v) is 3.69. The van der Waals surface area contributed by atoms with Gasteiger partial charge in [0.25, 0.3) is 0 Å².